The van der Waals surface area contributed by atoms with E-state index in [1.165, 1.54) is 29.7 Å². The Balaban J connectivity index is 1.42. The summed E-state index contributed by atoms with van der Waals surface area (Å²) < 4.78 is 0. The number of amides is 1. The van der Waals surface area contributed by atoms with Crippen molar-refractivity contribution in [2.24, 2.45) is 4.99 Å². The molecule has 1 aliphatic carbocycles. The fraction of sp³-hybridized carbons (Fsp3) is 0.429. The fourth-order valence-corrected chi connectivity index (χ4v) is 3.68. The van der Waals surface area contributed by atoms with Crippen LogP contribution in [-0.2, 0) is 5.41 Å². The fourth-order valence-electron chi connectivity index (χ4n) is 3.04. The van der Waals surface area contributed by atoms with E-state index in [9.17, 15) is 4.79 Å². The molecule has 1 aromatic heterocycles. The molecule has 0 saturated heterocycles. The minimum absolute atomic E-state index is 0.00381. The Bertz CT molecular complexity index is 739. The number of carbonyl (C=O) groups is 1. The summed E-state index contributed by atoms with van der Waals surface area (Å²) in [7, 11) is 0. The van der Waals surface area contributed by atoms with Crippen LogP contribution in [0, 0.1) is 0 Å². The van der Waals surface area contributed by atoms with Crippen molar-refractivity contribution in [3.05, 3.63) is 58.3 Å². The molecule has 144 valence electrons. The van der Waals surface area contributed by atoms with Crippen LogP contribution in [0.4, 0.5) is 0 Å². The molecular weight excluding hydrogens is 356 g/mol. The maximum atomic E-state index is 11.9. The van der Waals surface area contributed by atoms with Crippen LogP contribution in [0.25, 0.3) is 0 Å². The zero-order valence-corrected chi connectivity index (χ0v) is 16.6. The number of nitrogens with one attached hydrogen (secondary N) is 3. The van der Waals surface area contributed by atoms with Gasteiger partial charge >= 0.3 is 0 Å². The Kier molecular flexibility index (Phi) is 6.87. The summed E-state index contributed by atoms with van der Waals surface area (Å²) in [6, 6.07) is 14.4. The molecule has 0 spiro atoms. The van der Waals surface area contributed by atoms with Crippen LogP contribution in [0.3, 0.4) is 0 Å². The van der Waals surface area contributed by atoms with Gasteiger partial charge in [-0.25, -0.2) is 0 Å². The first kappa shape index (κ1) is 19.4. The Morgan fingerprint density at radius 2 is 1.85 bits per heavy atom. The highest BCUT2D eigenvalue weighted by atomic mass is 32.1. The van der Waals surface area contributed by atoms with Gasteiger partial charge in [-0.1, -0.05) is 36.4 Å². The molecule has 3 N–H and O–H groups in total. The first-order valence-corrected chi connectivity index (χ1v) is 10.5. The van der Waals surface area contributed by atoms with Crippen molar-refractivity contribution in [2.75, 3.05) is 26.2 Å². The highest BCUT2D eigenvalue weighted by Gasteiger charge is 2.43. The number of benzene rings is 1. The molecule has 1 saturated carbocycles. The zero-order valence-electron chi connectivity index (χ0n) is 15.8. The van der Waals surface area contributed by atoms with Crippen molar-refractivity contribution in [3.63, 3.8) is 0 Å². The largest absolute Gasteiger partial charge is 0.357 e. The Morgan fingerprint density at radius 3 is 2.52 bits per heavy atom. The number of thiophene rings is 1. The highest BCUT2D eigenvalue weighted by molar-refractivity contribution is 7.12. The van der Waals surface area contributed by atoms with E-state index in [4.69, 9.17) is 4.99 Å². The van der Waals surface area contributed by atoms with Crippen LogP contribution in [0.1, 0.15) is 41.4 Å². The van der Waals surface area contributed by atoms with E-state index in [0.29, 0.717) is 6.54 Å². The van der Waals surface area contributed by atoms with E-state index in [2.05, 4.69) is 53.2 Å². The summed E-state index contributed by atoms with van der Waals surface area (Å²) in [6.45, 7) is 5.13. The quantitative estimate of drug-likeness (QED) is 0.353. The van der Waals surface area contributed by atoms with E-state index in [1.54, 1.807) is 0 Å². The molecular formula is C21H28N4OS. The summed E-state index contributed by atoms with van der Waals surface area (Å²) >= 11 is 1.46. The lowest BCUT2D eigenvalue weighted by Crippen LogP contribution is -2.39. The predicted molar refractivity (Wildman–Crippen MR) is 113 cm³/mol. The summed E-state index contributed by atoms with van der Waals surface area (Å²) in [6.07, 6.45) is 3.26. The summed E-state index contributed by atoms with van der Waals surface area (Å²) in [5, 5.41) is 11.5. The first-order chi connectivity index (χ1) is 13.2. The van der Waals surface area contributed by atoms with Gasteiger partial charge in [0.2, 0.25) is 0 Å². The standard InChI is InChI=1S/C21H28N4OS/c1-2-22-20(24-14-7-13-23-19(26)18-10-6-15-27-18)25-16-21(11-12-21)17-8-4-3-5-9-17/h3-6,8-10,15H,2,7,11-14,16H2,1H3,(H,23,26)(H2,22,24,25). The van der Waals surface area contributed by atoms with Gasteiger partial charge in [-0.15, -0.1) is 11.3 Å². The van der Waals surface area contributed by atoms with Crippen LogP contribution in [0.15, 0.2) is 52.8 Å². The predicted octanol–water partition coefficient (Wildman–Crippen LogP) is 3.15. The van der Waals surface area contributed by atoms with Crippen LogP contribution in [-0.4, -0.2) is 38.0 Å². The average Bonchev–Trinajstić information content (AvgIpc) is 3.29. The molecule has 1 heterocycles. The maximum absolute atomic E-state index is 11.9. The van der Waals surface area contributed by atoms with Crippen molar-refractivity contribution >= 4 is 23.2 Å². The van der Waals surface area contributed by atoms with Crippen LogP contribution in [0.5, 0.6) is 0 Å². The Labute approximate surface area is 165 Å². The molecule has 1 fully saturated rings. The lowest BCUT2D eigenvalue weighted by molar-refractivity contribution is 0.0957. The number of carbonyl (C=O) groups excluding carboxylic acids is 1. The second-order valence-corrected chi connectivity index (χ2v) is 7.80. The summed E-state index contributed by atoms with van der Waals surface area (Å²) in [5.74, 6) is 0.855. The van der Waals surface area contributed by atoms with Gasteiger partial charge < -0.3 is 16.0 Å². The Hall–Kier alpha value is -2.34. The van der Waals surface area contributed by atoms with Crippen molar-refractivity contribution < 1.29 is 4.79 Å². The number of guanidine groups is 1. The minimum atomic E-state index is 0.00381. The van der Waals surface area contributed by atoms with Crippen LogP contribution >= 0.6 is 11.3 Å². The lowest BCUT2D eigenvalue weighted by Gasteiger charge is -2.16. The number of nitrogens with zero attached hydrogens (tertiary/aromatic N) is 1. The van der Waals surface area contributed by atoms with E-state index in [-0.39, 0.29) is 11.3 Å². The molecule has 5 nitrogen and oxygen atoms in total. The molecule has 2 aromatic rings. The zero-order chi connectivity index (χ0) is 19.0. The second kappa shape index (κ2) is 9.55. The van der Waals surface area contributed by atoms with Crippen LogP contribution < -0.4 is 16.0 Å². The van der Waals surface area contributed by atoms with Crippen molar-refractivity contribution in [1.29, 1.82) is 0 Å². The molecule has 0 unspecified atom stereocenters. The molecule has 0 aliphatic heterocycles. The highest BCUT2D eigenvalue weighted by Crippen LogP contribution is 2.48. The van der Waals surface area contributed by atoms with Gasteiger partial charge in [0.05, 0.1) is 11.4 Å². The van der Waals surface area contributed by atoms with Gasteiger partial charge in [-0.3, -0.25) is 9.79 Å². The van der Waals surface area contributed by atoms with Gasteiger partial charge in [-0.2, -0.15) is 0 Å². The van der Waals surface area contributed by atoms with Gasteiger partial charge in [0.15, 0.2) is 5.96 Å². The smallest absolute Gasteiger partial charge is 0.261 e. The molecule has 1 aromatic carbocycles. The number of hydrogen-bond donors (Lipinski definition) is 3. The van der Waals surface area contributed by atoms with Crippen molar-refractivity contribution in [2.45, 2.75) is 31.6 Å². The topological polar surface area (TPSA) is 65.5 Å². The van der Waals surface area contributed by atoms with E-state index in [0.717, 1.165) is 36.9 Å². The molecule has 1 amide bonds. The Morgan fingerprint density at radius 1 is 1.07 bits per heavy atom. The molecule has 1 aliphatic rings. The molecule has 0 radical (unpaired) electrons. The normalized spacial score (nSPS) is 15.2. The third-order valence-corrected chi connectivity index (χ3v) is 5.67. The molecule has 0 bridgehead atoms. The van der Waals surface area contributed by atoms with Crippen LogP contribution in [0.2, 0.25) is 0 Å². The number of aliphatic imine (C=N–C) groups is 1. The molecule has 0 atom stereocenters. The van der Waals surface area contributed by atoms with Gasteiger partial charge in [0.25, 0.3) is 5.91 Å². The molecule has 3 rings (SSSR count). The van der Waals surface area contributed by atoms with Gasteiger partial charge in [0, 0.05) is 25.0 Å². The maximum Gasteiger partial charge on any atom is 0.261 e. The monoisotopic (exact) mass is 384 g/mol. The van der Waals surface area contributed by atoms with Crippen molar-refractivity contribution in [1.82, 2.24) is 16.0 Å². The van der Waals surface area contributed by atoms with E-state index in [1.807, 2.05) is 17.5 Å². The third-order valence-electron chi connectivity index (χ3n) is 4.80. The van der Waals surface area contributed by atoms with Gasteiger partial charge in [-0.05, 0) is 43.2 Å². The minimum Gasteiger partial charge on any atom is -0.357 e. The van der Waals surface area contributed by atoms with Gasteiger partial charge in [0.1, 0.15) is 0 Å². The molecule has 6 heteroatoms. The lowest BCUT2D eigenvalue weighted by atomic mass is 9.96. The average molecular weight is 385 g/mol. The van der Waals surface area contributed by atoms with E-state index < -0.39 is 0 Å². The van der Waals surface area contributed by atoms with Crippen molar-refractivity contribution in [3.8, 4) is 0 Å². The first-order valence-electron chi connectivity index (χ1n) is 9.63. The number of hydrogen-bond acceptors (Lipinski definition) is 3. The summed E-state index contributed by atoms with van der Waals surface area (Å²) in [4.78, 5) is 17.5. The summed E-state index contributed by atoms with van der Waals surface area (Å²) in [5.41, 5.74) is 1.61. The molecule has 27 heavy (non-hydrogen) atoms. The second-order valence-electron chi connectivity index (χ2n) is 6.86. The SMILES string of the molecule is CCNC(=NCC1(c2ccccc2)CC1)NCCCNC(=O)c1cccs1. The number of rotatable bonds is 9. The van der Waals surface area contributed by atoms with E-state index >= 15 is 0 Å². The third kappa shape index (κ3) is 5.57.